The monoisotopic (exact) mass is 200 g/mol. The largest absolute Gasteiger partial charge is 0.326 e. The fourth-order valence-electron chi connectivity index (χ4n) is 1.60. The van der Waals surface area contributed by atoms with Gasteiger partial charge in [0.15, 0.2) is 0 Å². The molecule has 0 aliphatic heterocycles. The lowest BCUT2D eigenvalue weighted by atomic mass is 9.84. The van der Waals surface area contributed by atoms with E-state index in [0.29, 0.717) is 0 Å². The normalized spacial score (nSPS) is 15.2. The molecule has 0 spiro atoms. The summed E-state index contributed by atoms with van der Waals surface area (Å²) in [5.41, 5.74) is 6.36. The van der Waals surface area contributed by atoms with Gasteiger partial charge in [0.05, 0.1) is 0 Å². The third kappa shape index (κ3) is 3.58. The summed E-state index contributed by atoms with van der Waals surface area (Å²) in [6.07, 6.45) is 3.62. The van der Waals surface area contributed by atoms with Crippen LogP contribution in [-0.2, 0) is 0 Å². The van der Waals surface area contributed by atoms with Crippen molar-refractivity contribution in [2.24, 2.45) is 11.7 Å². The molecule has 2 N–H and O–H groups in total. The Kier molecular flexibility index (Phi) is 5.68. The van der Waals surface area contributed by atoms with Crippen molar-refractivity contribution < 1.29 is 0 Å². The third-order valence-electron chi connectivity index (χ3n) is 3.80. The van der Waals surface area contributed by atoms with E-state index in [9.17, 15) is 0 Å². The van der Waals surface area contributed by atoms with Gasteiger partial charge in [0, 0.05) is 11.6 Å². The minimum atomic E-state index is 0.0998. The van der Waals surface area contributed by atoms with Crippen LogP contribution in [0.15, 0.2) is 0 Å². The van der Waals surface area contributed by atoms with Gasteiger partial charge in [-0.25, -0.2) is 0 Å². The topological polar surface area (TPSA) is 29.3 Å². The van der Waals surface area contributed by atoms with E-state index in [-0.39, 0.29) is 11.6 Å². The highest BCUT2D eigenvalue weighted by Crippen LogP contribution is 2.23. The third-order valence-corrected chi connectivity index (χ3v) is 3.80. The maximum absolute atomic E-state index is 6.26. The minimum Gasteiger partial charge on any atom is -0.326 e. The Labute approximate surface area is 89.9 Å². The molecule has 14 heavy (non-hydrogen) atoms. The molecule has 0 aliphatic carbocycles. The van der Waals surface area contributed by atoms with Crippen molar-refractivity contribution in [3.63, 3.8) is 0 Å². The van der Waals surface area contributed by atoms with Crippen LogP contribution in [0.2, 0.25) is 0 Å². The molecule has 0 amide bonds. The maximum atomic E-state index is 6.26. The molecule has 0 saturated carbocycles. The molecule has 0 radical (unpaired) electrons. The zero-order chi connectivity index (χ0) is 11.4. The summed E-state index contributed by atoms with van der Waals surface area (Å²) in [4.78, 5) is 2.22. The molecule has 86 valence electrons. The number of hydrogen-bond donors (Lipinski definition) is 1. The van der Waals surface area contributed by atoms with Gasteiger partial charge in [0.1, 0.15) is 0 Å². The SMILES string of the molecule is CCC(CC)CC(N)C(C)(C)N(C)C. The van der Waals surface area contributed by atoms with Gasteiger partial charge in [-0.15, -0.1) is 0 Å². The molecule has 0 aromatic heterocycles. The molecule has 0 bridgehead atoms. The quantitative estimate of drug-likeness (QED) is 0.714. The smallest absolute Gasteiger partial charge is 0.0298 e. The first-order chi connectivity index (χ1) is 6.36. The van der Waals surface area contributed by atoms with E-state index in [1.165, 1.54) is 12.8 Å². The minimum absolute atomic E-state index is 0.0998. The number of likely N-dealkylation sites (N-methyl/N-ethyl adjacent to an activating group) is 1. The van der Waals surface area contributed by atoms with Crippen molar-refractivity contribution in [3.8, 4) is 0 Å². The van der Waals surface area contributed by atoms with E-state index < -0.39 is 0 Å². The van der Waals surface area contributed by atoms with E-state index in [2.05, 4.69) is 46.7 Å². The molecule has 0 aromatic rings. The van der Waals surface area contributed by atoms with E-state index in [0.717, 1.165) is 12.3 Å². The predicted octanol–water partition coefficient (Wildman–Crippen LogP) is 2.48. The average molecular weight is 200 g/mol. The van der Waals surface area contributed by atoms with Gasteiger partial charge in [0.2, 0.25) is 0 Å². The standard InChI is InChI=1S/C12H28N2/c1-7-10(8-2)9-11(13)12(3,4)14(5)6/h10-11H,7-9,13H2,1-6H3. The highest BCUT2D eigenvalue weighted by molar-refractivity contribution is 4.89. The van der Waals surface area contributed by atoms with Crippen molar-refractivity contribution in [3.05, 3.63) is 0 Å². The van der Waals surface area contributed by atoms with Crippen LogP contribution in [0.3, 0.4) is 0 Å². The first-order valence-electron chi connectivity index (χ1n) is 5.79. The maximum Gasteiger partial charge on any atom is 0.0298 e. The second kappa shape index (κ2) is 5.72. The van der Waals surface area contributed by atoms with Gasteiger partial charge in [-0.05, 0) is 40.3 Å². The van der Waals surface area contributed by atoms with Gasteiger partial charge in [-0.3, -0.25) is 0 Å². The van der Waals surface area contributed by atoms with E-state index in [1.807, 2.05) is 0 Å². The average Bonchev–Trinajstić information content (AvgIpc) is 2.13. The van der Waals surface area contributed by atoms with Crippen LogP contribution in [0.4, 0.5) is 0 Å². The molecule has 0 saturated heterocycles. The first kappa shape index (κ1) is 13.9. The summed E-state index contributed by atoms with van der Waals surface area (Å²) in [7, 11) is 4.21. The molecule has 2 nitrogen and oxygen atoms in total. The molecular formula is C12H28N2. The number of rotatable bonds is 6. The van der Waals surface area contributed by atoms with E-state index >= 15 is 0 Å². The highest BCUT2D eigenvalue weighted by atomic mass is 15.2. The molecule has 1 atom stereocenters. The first-order valence-corrected chi connectivity index (χ1v) is 5.79. The molecule has 0 aromatic carbocycles. The lowest BCUT2D eigenvalue weighted by molar-refractivity contribution is 0.141. The fraction of sp³-hybridized carbons (Fsp3) is 1.00. The number of hydrogen-bond acceptors (Lipinski definition) is 2. The Balaban J connectivity index is 4.24. The van der Waals surface area contributed by atoms with Gasteiger partial charge in [0.25, 0.3) is 0 Å². The second-order valence-corrected chi connectivity index (χ2v) is 5.07. The van der Waals surface area contributed by atoms with Crippen molar-refractivity contribution in [1.82, 2.24) is 4.90 Å². The van der Waals surface area contributed by atoms with E-state index in [4.69, 9.17) is 5.73 Å². The Morgan fingerprint density at radius 1 is 1.14 bits per heavy atom. The lowest BCUT2D eigenvalue weighted by Gasteiger charge is -2.39. The molecule has 0 fully saturated rings. The zero-order valence-corrected chi connectivity index (χ0v) is 10.8. The number of nitrogens with two attached hydrogens (primary N) is 1. The van der Waals surface area contributed by atoms with Crippen LogP contribution in [0.25, 0.3) is 0 Å². The summed E-state index contributed by atoms with van der Waals surface area (Å²) >= 11 is 0. The molecular weight excluding hydrogens is 172 g/mol. The number of nitrogens with zero attached hydrogens (tertiary/aromatic N) is 1. The van der Waals surface area contributed by atoms with Gasteiger partial charge in [-0.1, -0.05) is 26.7 Å². The van der Waals surface area contributed by atoms with Crippen LogP contribution < -0.4 is 5.73 Å². The van der Waals surface area contributed by atoms with Crippen molar-refractivity contribution in [2.45, 2.75) is 58.5 Å². The van der Waals surface area contributed by atoms with Crippen LogP contribution in [-0.4, -0.2) is 30.6 Å². The van der Waals surface area contributed by atoms with Crippen molar-refractivity contribution in [2.75, 3.05) is 14.1 Å². The summed E-state index contributed by atoms with van der Waals surface area (Å²) in [5, 5.41) is 0. The zero-order valence-electron chi connectivity index (χ0n) is 10.8. The fourth-order valence-corrected chi connectivity index (χ4v) is 1.60. The highest BCUT2D eigenvalue weighted by Gasteiger charge is 2.29. The molecule has 0 rings (SSSR count). The molecule has 1 unspecified atom stereocenters. The molecule has 0 heterocycles. The van der Waals surface area contributed by atoms with Crippen LogP contribution in [0.5, 0.6) is 0 Å². The molecule has 2 heteroatoms. The van der Waals surface area contributed by atoms with Crippen LogP contribution in [0, 0.1) is 5.92 Å². The van der Waals surface area contributed by atoms with Gasteiger partial charge >= 0.3 is 0 Å². The van der Waals surface area contributed by atoms with Crippen molar-refractivity contribution in [1.29, 1.82) is 0 Å². The summed E-state index contributed by atoms with van der Waals surface area (Å²) < 4.78 is 0. The van der Waals surface area contributed by atoms with Crippen molar-refractivity contribution >= 4 is 0 Å². The van der Waals surface area contributed by atoms with Gasteiger partial charge in [-0.2, -0.15) is 0 Å². The lowest BCUT2D eigenvalue weighted by Crippen LogP contribution is -2.53. The van der Waals surface area contributed by atoms with Gasteiger partial charge < -0.3 is 10.6 Å². The Morgan fingerprint density at radius 2 is 1.57 bits per heavy atom. The summed E-state index contributed by atoms with van der Waals surface area (Å²) in [5.74, 6) is 0.782. The Morgan fingerprint density at radius 3 is 1.86 bits per heavy atom. The Bertz CT molecular complexity index is 148. The predicted molar refractivity (Wildman–Crippen MR) is 64.4 cm³/mol. The van der Waals surface area contributed by atoms with Crippen LogP contribution in [0.1, 0.15) is 47.0 Å². The Hall–Kier alpha value is -0.0800. The van der Waals surface area contributed by atoms with E-state index in [1.54, 1.807) is 0 Å². The van der Waals surface area contributed by atoms with Crippen LogP contribution >= 0.6 is 0 Å². The second-order valence-electron chi connectivity index (χ2n) is 5.07. The molecule has 0 aliphatic rings. The summed E-state index contributed by atoms with van der Waals surface area (Å²) in [6, 6.07) is 0.266. The summed E-state index contributed by atoms with van der Waals surface area (Å²) in [6.45, 7) is 8.95.